The molecule has 0 aliphatic carbocycles. The van der Waals surface area contributed by atoms with E-state index in [0.717, 1.165) is 5.56 Å². The van der Waals surface area contributed by atoms with E-state index in [9.17, 15) is 15.0 Å². The molecule has 4 nitrogen and oxygen atoms in total. The molecule has 2 aromatic rings. The molecular formula is C19H23NO3. The van der Waals surface area contributed by atoms with Crippen LogP contribution in [0.2, 0.25) is 0 Å². The Kier molecular flexibility index (Phi) is 4.76. The first-order valence-electron chi connectivity index (χ1n) is 7.58. The summed E-state index contributed by atoms with van der Waals surface area (Å²) < 4.78 is 0. The van der Waals surface area contributed by atoms with Crippen LogP contribution in [0.1, 0.15) is 43.4 Å². The van der Waals surface area contributed by atoms with Gasteiger partial charge in [0, 0.05) is 5.92 Å². The molecule has 0 aliphatic heterocycles. The maximum absolute atomic E-state index is 11.4. The van der Waals surface area contributed by atoms with Gasteiger partial charge in [-0.3, -0.25) is 4.79 Å². The molecule has 4 N–H and O–H groups in total. The molecule has 0 saturated carbocycles. The summed E-state index contributed by atoms with van der Waals surface area (Å²) in [4.78, 5) is 11.4. The van der Waals surface area contributed by atoms with Crippen LogP contribution in [0.3, 0.4) is 0 Å². The molecule has 0 bridgehead atoms. The van der Waals surface area contributed by atoms with E-state index in [0.29, 0.717) is 5.56 Å². The second-order valence-corrected chi connectivity index (χ2v) is 6.81. The van der Waals surface area contributed by atoms with Crippen molar-refractivity contribution < 1.29 is 15.0 Å². The molecule has 0 spiro atoms. The molecule has 2 rings (SSSR count). The molecule has 0 aliphatic rings. The summed E-state index contributed by atoms with van der Waals surface area (Å²) in [7, 11) is 0. The van der Waals surface area contributed by atoms with Crippen molar-refractivity contribution in [2.24, 2.45) is 5.73 Å². The number of hydrogen-bond acceptors (Lipinski definition) is 3. The molecule has 0 amide bonds. The Hall–Kier alpha value is -2.33. The van der Waals surface area contributed by atoms with Crippen molar-refractivity contribution in [1.29, 1.82) is 0 Å². The summed E-state index contributed by atoms with van der Waals surface area (Å²) in [5.74, 6) is -1.50. The lowest BCUT2D eigenvalue weighted by atomic mass is 9.82. The van der Waals surface area contributed by atoms with Crippen LogP contribution in [0.15, 0.2) is 48.5 Å². The standard InChI is InChI=1S/C19H23NO3/c1-19(2,3)14-9-7-12(8-10-14)16(17(20)18(22)23)13-5-4-6-15(21)11-13/h4-11,16-17,21H,20H2,1-3H3,(H,22,23)/t16-,17+/m0/s1. The Balaban J connectivity index is 2.48. The van der Waals surface area contributed by atoms with Gasteiger partial charge in [0.15, 0.2) is 0 Å². The fourth-order valence-corrected chi connectivity index (χ4v) is 2.66. The van der Waals surface area contributed by atoms with Crippen molar-refractivity contribution in [3.05, 3.63) is 65.2 Å². The number of phenols is 1. The van der Waals surface area contributed by atoms with Gasteiger partial charge in [-0.2, -0.15) is 0 Å². The maximum Gasteiger partial charge on any atom is 0.321 e. The van der Waals surface area contributed by atoms with Gasteiger partial charge in [0.25, 0.3) is 0 Å². The zero-order valence-electron chi connectivity index (χ0n) is 13.7. The lowest BCUT2D eigenvalue weighted by Crippen LogP contribution is -2.37. The van der Waals surface area contributed by atoms with Gasteiger partial charge < -0.3 is 15.9 Å². The third-order valence-electron chi connectivity index (χ3n) is 4.01. The molecule has 0 fully saturated rings. The number of rotatable bonds is 4. The van der Waals surface area contributed by atoms with Crippen LogP contribution in [0.5, 0.6) is 5.75 Å². The van der Waals surface area contributed by atoms with Crippen LogP contribution in [0.25, 0.3) is 0 Å². The highest BCUT2D eigenvalue weighted by atomic mass is 16.4. The van der Waals surface area contributed by atoms with Crippen molar-refractivity contribution in [3.8, 4) is 5.75 Å². The van der Waals surface area contributed by atoms with Crippen molar-refractivity contribution in [2.45, 2.75) is 38.1 Å². The number of carboxylic acids is 1. The molecule has 0 radical (unpaired) electrons. The first kappa shape index (κ1) is 17.0. The predicted octanol–water partition coefficient (Wildman–Crippen LogP) is 3.23. The second kappa shape index (κ2) is 6.42. The molecule has 122 valence electrons. The van der Waals surface area contributed by atoms with E-state index in [1.165, 1.54) is 5.56 Å². The Bertz CT molecular complexity index is 687. The maximum atomic E-state index is 11.4. The number of carbonyl (C=O) groups is 1. The molecule has 0 saturated heterocycles. The van der Waals surface area contributed by atoms with Crippen LogP contribution < -0.4 is 5.73 Å². The van der Waals surface area contributed by atoms with Crippen LogP contribution >= 0.6 is 0 Å². The lowest BCUT2D eigenvalue weighted by Gasteiger charge is -2.24. The first-order valence-corrected chi connectivity index (χ1v) is 7.58. The summed E-state index contributed by atoms with van der Waals surface area (Å²) in [6.07, 6.45) is 0. The number of phenolic OH excluding ortho intramolecular Hbond substituents is 1. The van der Waals surface area contributed by atoms with Gasteiger partial charge in [0.2, 0.25) is 0 Å². The number of carboxylic acid groups (broad SMARTS) is 1. The minimum Gasteiger partial charge on any atom is -0.508 e. The van der Waals surface area contributed by atoms with Gasteiger partial charge in [-0.25, -0.2) is 0 Å². The molecular weight excluding hydrogens is 290 g/mol. The monoisotopic (exact) mass is 313 g/mol. The van der Waals surface area contributed by atoms with E-state index in [1.807, 2.05) is 24.3 Å². The summed E-state index contributed by atoms with van der Waals surface area (Å²) in [6.45, 7) is 6.37. The summed E-state index contributed by atoms with van der Waals surface area (Å²) in [5.41, 5.74) is 8.61. The molecule has 0 aromatic heterocycles. The average molecular weight is 313 g/mol. The van der Waals surface area contributed by atoms with Gasteiger partial charge in [0.1, 0.15) is 11.8 Å². The lowest BCUT2D eigenvalue weighted by molar-refractivity contribution is -0.138. The fraction of sp³-hybridized carbons (Fsp3) is 0.316. The highest BCUT2D eigenvalue weighted by molar-refractivity contribution is 5.75. The Morgan fingerprint density at radius 2 is 1.65 bits per heavy atom. The number of aliphatic carboxylic acids is 1. The third-order valence-corrected chi connectivity index (χ3v) is 4.01. The highest BCUT2D eigenvalue weighted by Gasteiger charge is 2.28. The van der Waals surface area contributed by atoms with Crippen molar-refractivity contribution >= 4 is 5.97 Å². The smallest absolute Gasteiger partial charge is 0.321 e. The molecule has 2 aromatic carbocycles. The zero-order valence-corrected chi connectivity index (χ0v) is 13.7. The van der Waals surface area contributed by atoms with E-state index < -0.39 is 17.9 Å². The highest BCUT2D eigenvalue weighted by Crippen LogP contribution is 2.31. The molecule has 23 heavy (non-hydrogen) atoms. The molecule has 2 atom stereocenters. The normalized spacial score (nSPS) is 14.3. The largest absolute Gasteiger partial charge is 0.508 e. The van der Waals surface area contributed by atoms with Crippen molar-refractivity contribution in [3.63, 3.8) is 0 Å². The topological polar surface area (TPSA) is 83.5 Å². The van der Waals surface area contributed by atoms with E-state index in [2.05, 4.69) is 20.8 Å². The predicted molar refractivity (Wildman–Crippen MR) is 90.7 cm³/mol. The molecule has 0 unspecified atom stereocenters. The number of aromatic hydroxyl groups is 1. The SMILES string of the molecule is CC(C)(C)c1ccc([C@@H](c2cccc(O)c2)[C@@H](N)C(=O)O)cc1. The fourth-order valence-electron chi connectivity index (χ4n) is 2.66. The summed E-state index contributed by atoms with van der Waals surface area (Å²) >= 11 is 0. The van der Waals surface area contributed by atoms with E-state index in [4.69, 9.17) is 5.73 Å². The van der Waals surface area contributed by atoms with Crippen LogP contribution in [0.4, 0.5) is 0 Å². The van der Waals surface area contributed by atoms with Gasteiger partial charge in [-0.05, 0) is 34.2 Å². The minimum absolute atomic E-state index is 0.0218. The summed E-state index contributed by atoms with van der Waals surface area (Å²) in [5, 5.41) is 19.0. The van der Waals surface area contributed by atoms with E-state index >= 15 is 0 Å². The minimum atomic E-state index is -1.09. The van der Waals surface area contributed by atoms with E-state index in [-0.39, 0.29) is 11.2 Å². The Labute approximate surface area is 136 Å². The van der Waals surface area contributed by atoms with Crippen molar-refractivity contribution in [2.75, 3.05) is 0 Å². The van der Waals surface area contributed by atoms with Crippen molar-refractivity contribution in [1.82, 2.24) is 0 Å². The first-order chi connectivity index (χ1) is 10.7. The molecule has 4 heteroatoms. The van der Waals surface area contributed by atoms with Gasteiger partial charge in [-0.15, -0.1) is 0 Å². The Morgan fingerprint density at radius 3 is 2.13 bits per heavy atom. The van der Waals surface area contributed by atoms with Crippen LogP contribution in [-0.2, 0) is 10.2 Å². The van der Waals surface area contributed by atoms with Crippen LogP contribution in [0, 0.1) is 0 Å². The summed E-state index contributed by atoms with van der Waals surface area (Å²) in [6, 6.07) is 13.3. The van der Waals surface area contributed by atoms with Gasteiger partial charge in [0.05, 0.1) is 0 Å². The van der Waals surface area contributed by atoms with Gasteiger partial charge >= 0.3 is 5.97 Å². The average Bonchev–Trinajstić information content (AvgIpc) is 2.47. The number of hydrogen-bond donors (Lipinski definition) is 3. The quantitative estimate of drug-likeness (QED) is 0.809. The second-order valence-electron chi connectivity index (χ2n) is 6.81. The Morgan fingerprint density at radius 1 is 1.04 bits per heavy atom. The van der Waals surface area contributed by atoms with E-state index in [1.54, 1.807) is 24.3 Å². The third kappa shape index (κ3) is 3.90. The zero-order chi connectivity index (χ0) is 17.2. The van der Waals surface area contributed by atoms with Crippen LogP contribution in [-0.4, -0.2) is 22.2 Å². The number of benzene rings is 2. The van der Waals surface area contributed by atoms with Gasteiger partial charge in [-0.1, -0.05) is 57.2 Å². The number of nitrogens with two attached hydrogens (primary N) is 1. The molecule has 0 heterocycles.